The van der Waals surface area contributed by atoms with E-state index in [1.54, 1.807) is 0 Å². The maximum Gasteiger partial charge on any atom is 0.264 e. The summed E-state index contributed by atoms with van der Waals surface area (Å²) in [4.78, 5) is 12.2. The van der Waals surface area contributed by atoms with Crippen molar-refractivity contribution in [3.05, 3.63) is 14.4 Å². The Bertz CT molecular complexity index is 304. The van der Waals surface area contributed by atoms with Gasteiger partial charge < -0.3 is 24.0 Å². The normalized spacial score (nSPS) is 20.3. The van der Waals surface area contributed by atoms with Gasteiger partial charge in [-0.05, 0) is 6.42 Å². The predicted octanol–water partition coefficient (Wildman–Crippen LogP) is -0.155. The number of hydrogen-bond acceptors (Lipinski definition) is 4. The Kier molecular flexibility index (Phi) is 8.08. The van der Waals surface area contributed by atoms with Crippen molar-refractivity contribution < 1.29 is 50.1 Å². The summed E-state index contributed by atoms with van der Waals surface area (Å²) in [5.74, 6) is -0.292. The van der Waals surface area contributed by atoms with Crippen LogP contribution < -0.4 is 0 Å². The Morgan fingerprint density at radius 1 is 1.53 bits per heavy atom. The third-order valence-corrected chi connectivity index (χ3v) is 2.43. The van der Waals surface area contributed by atoms with Crippen molar-refractivity contribution >= 4 is 16.0 Å². The number of hydrogen-bond donors (Lipinski definition) is 0. The molecule has 0 saturated carbocycles. The molecule has 1 heterocycles. The Hall–Kier alpha value is 0.354. The van der Waals surface area contributed by atoms with Gasteiger partial charge >= 0.3 is 0 Å². The zero-order chi connectivity index (χ0) is 10.1. The molecule has 1 amide bonds. The van der Waals surface area contributed by atoms with E-state index in [9.17, 15) is 13.2 Å². The van der Waals surface area contributed by atoms with Gasteiger partial charge in [0.1, 0.15) is 0 Å². The van der Waals surface area contributed by atoms with Crippen LogP contribution in [0.25, 0.3) is 0 Å². The zero-order valence-electron chi connectivity index (χ0n) is 8.97. The molecule has 0 N–H and O–H groups in total. The predicted molar refractivity (Wildman–Crippen MR) is 52.7 cm³/mol. The second kappa shape index (κ2) is 6.83. The monoisotopic (exact) mass is 310 g/mol. The first-order chi connectivity index (χ1) is 5.88. The van der Waals surface area contributed by atoms with Crippen molar-refractivity contribution in [2.75, 3.05) is 19.3 Å². The molecule has 15 heavy (non-hydrogen) atoms. The van der Waals surface area contributed by atoms with Gasteiger partial charge in [-0.2, -0.15) is 8.42 Å². The van der Waals surface area contributed by atoms with E-state index >= 15 is 0 Å². The molecule has 1 fully saturated rings. The van der Waals surface area contributed by atoms with Gasteiger partial charge in [0.2, 0.25) is 0 Å². The SMILES string of the molecule is [CH2-]C(=O)N1CCC(OS(C)(=O)=O)C1.[CH3-].[Y]. The van der Waals surface area contributed by atoms with Gasteiger partial charge in [-0.25, -0.2) is 0 Å². The van der Waals surface area contributed by atoms with Gasteiger partial charge in [0.25, 0.3) is 10.1 Å². The molecule has 1 unspecified atom stereocenters. The molecule has 0 aromatic heterocycles. The standard InChI is InChI=1S/C7H12NO4S.CH3.Y/c1-6(9)8-4-3-7(5-8)12-13(2,10)11;;/h7H,1,3-5H2,2H3;1H3;/q2*-1;. The summed E-state index contributed by atoms with van der Waals surface area (Å²) in [5.41, 5.74) is 0. The second-order valence-corrected chi connectivity index (χ2v) is 4.65. The Balaban J connectivity index is 0. The minimum Gasteiger partial charge on any atom is -0.365 e. The van der Waals surface area contributed by atoms with Crippen LogP contribution in [-0.2, 0) is 51.8 Å². The molecule has 1 rings (SSSR count). The maximum atomic E-state index is 10.8. The third-order valence-electron chi connectivity index (χ3n) is 1.81. The number of nitrogens with zero attached hydrogens (tertiary/aromatic N) is 1. The van der Waals surface area contributed by atoms with E-state index in [0.29, 0.717) is 19.5 Å². The van der Waals surface area contributed by atoms with Crippen molar-refractivity contribution in [2.24, 2.45) is 0 Å². The largest absolute Gasteiger partial charge is 0.365 e. The van der Waals surface area contributed by atoms with Crippen LogP contribution >= 0.6 is 0 Å². The molecular weight excluding hydrogens is 295 g/mol. The fraction of sp³-hybridized carbons (Fsp3) is 0.625. The molecule has 1 radical (unpaired) electrons. The van der Waals surface area contributed by atoms with Gasteiger partial charge in [0.15, 0.2) is 0 Å². The molecule has 0 spiro atoms. The van der Waals surface area contributed by atoms with Crippen molar-refractivity contribution in [3.63, 3.8) is 0 Å². The number of rotatable bonds is 2. The number of likely N-dealkylation sites (tertiary alicyclic amines) is 1. The first kappa shape index (κ1) is 17.7. The topological polar surface area (TPSA) is 63.7 Å². The average molecular weight is 310 g/mol. The van der Waals surface area contributed by atoms with Crippen LogP contribution in [0.2, 0.25) is 0 Å². The molecule has 0 aromatic carbocycles. The van der Waals surface area contributed by atoms with E-state index in [1.807, 2.05) is 0 Å². The number of amides is 1. The maximum absolute atomic E-state index is 10.8. The summed E-state index contributed by atoms with van der Waals surface area (Å²) >= 11 is 0. The van der Waals surface area contributed by atoms with E-state index in [4.69, 9.17) is 4.18 Å². The first-order valence-corrected chi connectivity index (χ1v) is 5.69. The van der Waals surface area contributed by atoms with Gasteiger partial charge in [0, 0.05) is 45.8 Å². The Labute approximate surface area is 117 Å². The molecule has 1 aliphatic heterocycles. The van der Waals surface area contributed by atoms with E-state index < -0.39 is 16.2 Å². The van der Waals surface area contributed by atoms with E-state index in [0.717, 1.165) is 6.26 Å². The molecule has 0 aromatic rings. The Morgan fingerprint density at radius 2 is 2.07 bits per heavy atom. The van der Waals surface area contributed by atoms with Crippen LogP contribution in [0.3, 0.4) is 0 Å². The fourth-order valence-corrected chi connectivity index (χ4v) is 1.93. The second-order valence-electron chi connectivity index (χ2n) is 3.05. The average Bonchev–Trinajstić information content (AvgIpc) is 2.31. The summed E-state index contributed by atoms with van der Waals surface area (Å²) in [6.07, 6.45) is 1.15. The molecule has 0 aliphatic carbocycles. The van der Waals surface area contributed by atoms with Gasteiger partial charge in [-0.1, -0.05) is 0 Å². The van der Waals surface area contributed by atoms with Gasteiger partial charge in [-0.3, -0.25) is 4.18 Å². The molecule has 7 heteroatoms. The van der Waals surface area contributed by atoms with Crippen molar-refractivity contribution in [2.45, 2.75) is 12.5 Å². The molecule has 5 nitrogen and oxygen atoms in total. The third kappa shape index (κ3) is 6.50. The van der Waals surface area contributed by atoms with Crippen molar-refractivity contribution in [1.29, 1.82) is 0 Å². The number of carbonyl (C=O) groups is 1. The molecule has 1 saturated heterocycles. The van der Waals surface area contributed by atoms with Crippen LogP contribution in [0.4, 0.5) is 0 Å². The minimum atomic E-state index is -3.42. The molecule has 87 valence electrons. The minimum absolute atomic E-state index is 0. The Morgan fingerprint density at radius 3 is 2.40 bits per heavy atom. The van der Waals surface area contributed by atoms with Crippen LogP contribution in [0.5, 0.6) is 0 Å². The summed E-state index contributed by atoms with van der Waals surface area (Å²) in [7, 11) is -3.42. The molecule has 0 bridgehead atoms. The fourth-order valence-electron chi connectivity index (χ4n) is 1.28. The van der Waals surface area contributed by atoms with Crippen LogP contribution in [-0.4, -0.2) is 44.7 Å². The van der Waals surface area contributed by atoms with Crippen molar-refractivity contribution in [3.8, 4) is 0 Å². The van der Waals surface area contributed by atoms with E-state index in [2.05, 4.69) is 6.92 Å². The van der Waals surface area contributed by atoms with E-state index in [1.165, 1.54) is 4.90 Å². The summed E-state index contributed by atoms with van der Waals surface area (Å²) in [5, 5.41) is 0. The molecular formula is C8H15NO4SY-2. The molecule has 1 aliphatic rings. The van der Waals surface area contributed by atoms with Crippen LogP contribution in [0.1, 0.15) is 6.42 Å². The molecule has 1 atom stereocenters. The summed E-state index contributed by atoms with van der Waals surface area (Å²) in [6, 6.07) is 0. The smallest absolute Gasteiger partial charge is 0.264 e. The summed E-state index contributed by atoms with van der Waals surface area (Å²) in [6.45, 7) is 4.06. The number of carbonyl (C=O) groups excluding carboxylic acids is 1. The van der Waals surface area contributed by atoms with Crippen LogP contribution in [0.15, 0.2) is 0 Å². The zero-order valence-corrected chi connectivity index (χ0v) is 12.6. The van der Waals surface area contributed by atoms with Gasteiger partial charge in [-0.15, -0.1) is 0 Å². The summed E-state index contributed by atoms with van der Waals surface area (Å²) < 4.78 is 26.2. The van der Waals surface area contributed by atoms with Gasteiger partial charge in [0.05, 0.1) is 18.3 Å². The van der Waals surface area contributed by atoms with Crippen molar-refractivity contribution in [1.82, 2.24) is 4.90 Å². The van der Waals surface area contributed by atoms with E-state index in [-0.39, 0.29) is 46.0 Å². The van der Waals surface area contributed by atoms with Crippen LogP contribution in [0, 0.1) is 14.4 Å². The first-order valence-electron chi connectivity index (χ1n) is 3.87. The quantitative estimate of drug-likeness (QED) is 0.525.